The van der Waals surface area contributed by atoms with E-state index >= 15 is 0 Å². The first-order valence-electron chi connectivity index (χ1n) is 9.10. The highest BCUT2D eigenvalue weighted by atomic mass is 16.2. The van der Waals surface area contributed by atoms with E-state index in [0.29, 0.717) is 30.1 Å². The van der Waals surface area contributed by atoms with Crippen LogP contribution in [0.2, 0.25) is 0 Å². The predicted molar refractivity (Wildman–Crippen MR) is 95.1 cm³/mol. The number of hydrogen-bond donors (Lipinski definition) is 0. The monoisotopic (exact) mass is 339 g/mol. The molecule has 2 heterocycles. The zero-order chi connectivity index (χ0) is 18.0. The van der Waals surface area contributed by atoms with E-state index in [1.165, 1.54) is 12.8 Å². The Morgan fingerprint density at radius 1 is 1.40 bits per heavy atom. The standard InChI is InChI=1S/C19H25N5O/c1-4-23(16-7-5-6-8-16)18(25)10-9-17-13(2)22-19-15(11-20)12-21-24(19)14(17)3/h12,16H,4-10H2,1-3H3. The lowest BCUT2D eigenvalue weighted by Crippen LogP contribution is -2.38. The van der Waals surface area contributed by atoms with Gasteiger partial charge in [-0.15, -0.1) is 0 Å². The number of rotatable bonds is 5. The van der Waals surface area contributed by atoms with Gasteiger partial charge in [-0.2, -0.15) is 10.4 Å². The third-order valence-electron chi connectivity index (χ3n) is 5.34. The third-order valence-corrected chi connectivity index (χ3v) is 5.34. The first-order valence-corrected chi connectivity index (χ1v) is 9.10. The maximum atomic E-state index is 12.7. The van der Waals surface area contributed by atoms with E-state index in [4.69, 9.17) is 5.26 Å². The molecule has 6 nitrogen and oxygen atoms in total. The Morgan fingerprint density at radius 3 is 2.76 bits per heavy atom. The van der Waals surface area contributed by atoms with E-state index in [2.05, 4.69) is 23.1 Å². The Balaban J connectivity index is 1.78. The van der Waals surface area contributed by atoms with Crippen LogP contribution in [0.1, 0.15) is 61.5 Å². The second-order valence-corrected chi connectivity index (χ2v) is 6.78. The number of carbonyl (C=O) groups is 1. The Bertz CT molecular complexity index is 826. The Kier molecular flexibility index (Phi) is 5.03. The van der Waals surface area contributed by atoms with Crippen LogP contribution in [0.25, 0.3) is 5.65 Å². The van der Waals surface area contributed by atoms with Gasteiger partial charge in [0.05, 0.1) is 6.20 Å². The second kappa shape index (κ2) is 7.22. The van der Waals surface area contributed by atoms with Gasteiger partial charge in [-0.3, -0.25) is 4.79 Å². The summed E-state index contributed by atoms with van der Waals surface area (Å²) in [6, 6.07) is 2.54. The number of amides is 1. The van der Waals surface area contributed by atoms with Crippen molar-refractivity contribution in [3.63, 3.8) is 0 Å². The van der Waals surface area contributed by atoms with E-state index in [-0.39, 0.29) is 5.91 Å². The molecule has 0 spiro atoms. The molecule has 0 aliphatic heterocycles. The maximum absolute atomic E-state index is 12.7. The van der Waals surface area contributed by atoms with Crippen LogP contribution in [0.3, 0.4) is 0 Å². The van der Waals surface area contributed by atoms with Crippen molar-refractivity contribution in [1.82, 2.24) is 19.5 Å². The molecule has 132 valence electrons. The largest absolute Gasteiger partial charge is 0.340 e. The number of aromatic nitrogens is 3. The van der Waals surface area contributed by atoms with E-state index < -0.39 is 0 Å². The fourth-order valence-corrected chi connectivity index (χ4v) is 3.98. The van der Waals surface area contributed by atoms with Gasteiger partial charge in [0, 0.05) is 30.4 Å². The average molecular weight is 339 g/mol. The molecular formula is C19H25N5O. The van der Waals surface area contributed by atoms with Gasteiger partial charge in [0.1, 0.15) is 11.6 Å². The molecule has 0 radical (unpaired) electrons. The predicted octanol–water partition coefficient (Wildman–Crippen LogP) is 2.94. The minimum atomic E-state index is 0.228. The molecule has 0 bridgehead atoms. The molecule has 1 amide bonds. The van der Waals surface area contributed by atoms with Gasteiger partial charge in [-0.25, -0.2) is 9.50 Å². The molecule has 0 N–H and O–H groups in total. The highest BCUT2D eigenvalue weighted by molar-refractivity contribution is 5.77. The van der Waals surface area contributed by atoms with Crippen LogP contribution in [0.4, 0.5) is 0 Å². The lowest BCUT2D eigenvalue weighted by atomic mass is 10.1. The molecule has 1 aliphatic rings. The molecule has 0 unspecified atom stereocenters. The molecule has 1 fully saturated rings. The van der Waals surface area contributed by atoms with Crippen molar-refractivity contribution in [2.24, 2.45) is 0 Å². The highest BCUT2D eigenvalue weighted by Crippen LogP contribution is 2.25. The quantitative estimate of drug-likeness (QED) is 0.839. The summed E-state index contributed by atoms with van der Waals surface area (Å²) in [6.45, 7) is 6.76. The second-order valence-electron chi connectivity index (χ2n) is 6.78. The van der Waals surface area contributed by atoms with Crippen LogP contribution in [-0.2, 0) is 11.2 Å². The van der Waals surface area contributed by atoms with Gasteiger partial charge in [-0.1, -0.05) is 12.8 Å². The molecule has 3 rings (SSSR count). The van der Waals surface area contributed by atoms with Crippen molar-refractivity contribution in [2.75, 3.05) is 6.54 Å². The summed E-state index contributed by atoms with van der Waals surface area (Å²) >= 11 is 0. The van der Waals surface area contributed by atoms with Crippen molar-refractivity contribution >= 4 is 11.6 Å². The van der Waals surface area contributed by atoms with Crippen molar-refractivity contribution in [3.8, 4) is 6.07 Å². The zero-order valence-electron chi connectivity index (χ0n) is 15.2. The summed E-state index contributed by atoms with van der Waals surface area (Å²) in [5.74, 6) is 0.228. The van der Waals surface area contributed by atoms with Crippen molar-refractivity contribution in [3.05, 3.63) is 28.7 Å². The lowest BCUT2D eigenvalue weighted by molar-refractivity contribution is -0.133. The summed E-state index contributed by atoms with van der Waals surface area (Å²) in [7, 11) is 0. The van der Waals surface area contributed by atoms with Crippen molar-refractivity contribution < 1.29 is 4.79 Å². The van der Waals surface area contributed by atoms with Crippen LogP contribution in [0.5, 0.6) is 0 Å². The van der Waals surface area contributed by atoms with Crippen LogP contribution in [0.15, 0.2) is 6.20 Å². The number of aryl methyl sites for hydroxylation is 2. The van der Waals surface area contributed by atoms with E-state index in [0.717, 1.165) is 36.3 Å². The highest BCUT2D eigenvalue weighted by Gasteiger charge is 2.25. The van der Waals surface area contributed by atoms with Crippen LogP contribution in [0, 0.1) is 25.2 Å². The minimum Gasteiger partial charge on any atom is -0.340 e. The number of nitriles is 1. The van der Waals surface area contributed by atoms with E-state index in [9.17, 15) is 4.79 Å². The Morgan fingerprint density at radius 2 is 2.12 bits per heavy atom. The summed E-state index contributed by atoms with van der Waals surface area (Å²) in [5, 5.41) is 13.4. The molecule has 1 aliphatic carbocycles. The minimum absolute atomic E-state index is 0.228. The first kappa shape index (κ1) is 17.4. The zero-order valence-corrected chi connectivity index (χ0v) is 15.2. The normalized spacial score (nSPS) is 14.8. The van der Waals surface area contributed by atoms with Gasteiger partial charge in [0.2, 0.25) is 5.91 Å². The Labute approximate surface area is 148 Å². The summed E-state index contributed by atoms with van der Waals surface area (Å²) in [6.07, 6.45) is 7.42. The molecule has 6 heteroatoms. The molecule has 1 saturated carbocycles. The van der Waals surface area contributed by atoms with E-state index in [1.54, 1.807) is 10.7 Å². The number of hydrogen-bond acceptors (Lipinski definition) is 4. The van der Waals surface area contributed by atoms with Crippen LogP contribution < -0.4 is 0 Å². The molecular weight excluding hydrogens is 314 g/mol. The topological polar surface area (TPSA) is 74.3 Å². The number of fused-ring (bicyclic) bond motifs is 1. The molecule has 2 aromatic rings. The van der Waals surface area contributed by atoms with Crippen molar-refractivity contribution in [2.45, 2.75) is 65.3 Å². The molecule has 25 heavy (non-hydrogen) atoms. The van der Waals surface area contributed by atoms with Gasteiger partial charge >= 0.3 is 0 Å². The van der Waals surface area contributed by atoms with Gasteiger partial charge in [-0.05, 0) is 45.6 Å². The van der Waals surface area contributed by atoms with Gasteiger partial charge in [0.25, 0.3) is 0 Å². The smallest absolute Gasteiger partial charge is 0.223 e. The lowest BCUT2D eigenvalue weighted by Gasteiger charge is -2.28. The number of nitrogens with zero attached hydrogens (tertiary/aromatic N) is 5. The fourth-order valence-electron chi connectivity index (χ4n) is 3.98. The Hall–Kier alpha value is -2.42. The summed E-state index contributed by atoms with van der Waals surface area (Å²) in [5.41, 5.74) is 3.95. The third kappa shape index (κ3) is 3.23. The molecule has 0 saturated heterocycles. The van der Waals surface area contributed by atoms with Crippen LogP contribution in [-0.4, -0.2) is 38.0 Å². The molecule has 2 aromatic heterocycles. The van der Waals surface area contributed by atoms with Gasteiger partial charge in [0.15, 0.2) is 5.65 Å². The molecule has 0 aromatic carbocycles. The summed E-state index contributed by atoms with van der Waals surface area (Å²) < 4.78 is 1.71. The van der Waals surface area contributed by atoms with E-state index in [1.807, 2.05) is 18.7 Å². The molecule has 0 atom stereocenters. The van der Waals surface area contributed by atoms with Crippen molar-refractivity contribution in [1.29, 1.82) is 5.26 Å². The van der Waals surface area contributed by atoms with Crippen LogP contribution >= 0.6 is 0 Å². The first-order chi connectivity index (χ1) is 12.1. The van der Waals surface area contributed by atoms with Gasteiger partial charge < -0.3 is 4.90 Å². The fraction of sp³-hybridized carbons (Fsp3) is 0.579. The average Bonchev–Trinajstić information content (AvgIpc) is 3.25. The summed E-state index contributed by atoms with van der Waals surface area (Å²) in [4.78, 5) is 19.3. The number of carbonyl (C=O) groups excluding carboxylic acids is 1. The maximum Gasteiger partial charge on any atom is 0.223 e. The SMILES string of the molecule is CCN(C(=O)CCc1c(C)nc2c(C#N)cnn2c1C)C1CCCC1.